The minimum atomic E-state index is -2.05. The molecule has 0 spiro atoms. The zero-order chi connectivity index (χ0) is 20.3. The first-order chi connectivity index (χ1) is 14.1. The van der Waals surface area contributed by atoms with E-state index in [1.54, 1.807) is 60.7 Å². The molecule has 1 aliphatic heterocycles. The minimum Gasteiger partial charge on any atom is -0.457 e. The summed E-state index contributed by atoms with van der Waals surface area (Å²) >= 11 is 0. The summed E-state index contributed by atoms with van der Waals surface area (Å²) in [5.41, 5.74) is 0.602. The summed E-state index contributed by atoms with van der Waals surface area (Å²) < 4.78 is 4.98. The largest absolute Gasteiger partial charge is 0.457 e. The van der Waals surface area contributed by atoms with E-state index >= 15 is 0 Å². The Morgan fingerprint density at radius 3 is 2.41 bits per heavy atom. The predicted octanol–water partition coefficient (Wildman–Crippen LogP) is 3.24. The van der Waals surface area contributed by atoms with Gasteiger partial charge in [0.1, 0.15) is 6.61 Å². The summed E-state index contributed by atoms with van der Waals surface area (Å²) in [6.07, 6.45) is 0. The van der Waals surface area contributed by atoms with Gasteiger partial charge in [-0.3, -0.25) is 4.79 Å². The molecule has 1 aliphatic rings. The van der Waals surface area contributed by atoms with Crippen LogP contribution in [0.2, 0.25) is 0 Å². The van der Waals surface area contributed by atoms with Gasteiger partial charge < -0.3 is 15.2 Å². The van der Waals surface area contributed by atoms with Crippen LogP contribution in [0.1, 0.15) is 27.0 Å². The first-order valence-electron chi connectivity index (χ1n) is 9.04. The maximum absolute atomic E-state index is 13.1. The van der Waals surface area contributed by atoms with Gasteiger partial charge in [0, 0.05) is 22.4 Å². The van der Waals surface area contributed by atoms with Gasteiger partial charge >= 0.3 is 5.97 Å². The third-order valence-electron chi connectivity index (χ3n) is 4.62. The zero-order valence-corrected chi connectivity index (χ0v) is 15.4. The highest BCUT2D eigenvalue weighted by atomic mass is 16.5. The van der Waals surface area contributed by atoms with Crippen LogP contribution in [0.25, 0.3) is 0 Å². The second-order valence-electron chi connectivity index (χ2n) is 6.59. The molecule has 5 heteroatoms. The SMILES string of the molecule is O=C1OCc2cc(NC(=O)C(O)(C#Cc3ccccc3)c3ccccc3)ccc21. The highest BCUT2D eigenvalue weighted by Gasteiger charge is 2.36. The Morgan fingerprint density at radius 1 is 1.00 bits per heavy atom. The molecule has 1 amide bonds. The van der Waals surface area contributed by atoms with Gasteiger partial charge in [-0.1, -0.05) is 54.5 Å². The molecule has 0 radical (unpaired) electrons. The van der Waals surface area contributed by atoms with Gasteiger partial charge in [-0.25, -0.2) is 4.79 Å². The first-order valence-corrected chi connectivity index (χ1v) is 9.04. The fourth-order valence-corrected chi connectivity index (χ4v) is 3.06. The number of cyclic esters (lactones) is 1. The molecule has 1 heterocycles. The van der Waals surface area contributed by atoms with Crippen molar-refractivity contribution in [3.05, 3.63) is 101 Å². The number of benzene rings is 3. The number of carbonyl (C=O) groups is 2. The number of anilines is 1. The van der Waals surface area contributed by atoms with Crippen LogP contribution in [-0.2, 0) is 21.7 Å². The van der Waals surface area contributed by atoms with Crippen LogP contribution in [0, 0.1) is 11.8 Å². The highest BCUT2D eigenvalue weighted by Crippen LogP contribution is 2.26. The van der Waals surface area contributed by atoms with Crippen LogP contribution in [0.4, 0.5) is 5.69 Å². The van der Waals surface area contributed by atoms with Crippen molar-refractivity contribution in [3.8, 4) is 11.8 Å². The van der Waals surface area contributed by atoms with Crippen molar-refractivity contribution in [1.29, 1.82) is 0 Å². The molecular weight excluding hydrogens is 366 g/mol. The molecule has 0 saturated carbocycles. The summed E-state index contributed by atoms with van der Waals surface area (Å²) in [7, 11) is 0. The standard InChI is InChI=1S/C24H17NO4/c26-22-21-12-11-20(15-18(21)16-29-22)25-23(27)24(28,19-9-5-2-6-10-19)14-13-17-7-3-1-4-8-17/h1-12,15,28H,16H2,(H,25,27). The molecule has 1 atom stereocenters. The fraction of sp³-hybridized carbons (Fsp3) is 0.0833. The van der Waals surface area contributed by atoms with E-state index < -0.39 is 11.5 Å². The minimum absolute atomic E-state index is 0.161. The smallest absolute Gasteiger partial charge is 0.338 e. The van der Waals surface area contributed by atoms with Crippen LogP contribution in [0.15, 0.2) is 78.9 Å². The maximum Gasteiger partial charge on any atom is 0.338 e. The number of nitrogens with one attached hydrogen (secondary N) is 1. The molecule has 0 fully saturated rings. The van der Waals surface area contributed by atoms with E-state index in [1.165, 1.54) is 0 Å². The second kappa shape index (κ2) is 7.63. The number of esters is 1. The number of amides is 1. The molecule has 29 heavy (non-hydrogen) atoms. The van der Waals surface area contributed by atoms with Crippen molar-refractivity contribution < 1.29 is 19.4 Å². The van der Waals surface area contributed by atoms with Crippen molar-refractivity contribution in [1.82, 2.24) is 0 Å². The predicted molar refractivity (Wildman–Crippen MR) is 108 cm³/mol. The third-order valence-corrected chi connectivity index (χ3v) is 4.62. The molecule has 142 valence electrons. The van der Waals surface area contributed by atoms with E-state index in [1.807, 2.05) is 18.2 Å². The van der Waals surface area contributed by atoms with Gasteiger partial charge in [0.25, 0.3) is 5.91 Å². The summed E-state index contributed by atoms with van der Waals surface area (Å²) in [6, 6.07) is 22.5. The number of aliphatic hydroxyl groups is 1. The van der Waals surface area contributed by atoms with Gasteiger partial charge in [-0.15, -0.1) is 0 Å². The Kier molecular flexibility index (Phi) is 4.86. The van der Waals surface area contributed by atoms with E-state index in [2.05, 4.69) is 17.2 Å². The fourth-order valence-electron chi connectivity index (χ4n) is 3.06. The molecule has 0 saturated heterocycles. The number of carbonyl (C=O) groups excluding carboxylic acids is 2. The molecule has 0 aromatic heterocycles. The number of fused-ring (bicyclic) bond motifs is 1. The van der Waals surface area contributed by atoms with Gasteiger partial charge in [0.05, 0.1) is 5.56 Å². The summed E-state index contributed by atoms with van der Waals surface area (Å²) in [4.78, 5) is 24.7. The zero-order valence-electron chi connectivity index (χ0n) is 15.4. The van der Waals surface area contributed by atoms with Crippen LogP contribution in [-0.4, -0.2) is 17.0 Å². The lowest BCUT2D eigenvalue weighted by atomic mass is 9.92. The average Bonchev–Trinajstić information content (AvgIpc) is 3.13. The van der Waals surface area contributed by atoms with Gasteiger partial charge in [-0.05, 0) is 36.3 Å². The number of hydrogen-bond donors (Lipinski definition) is 2. The molecule has 2 N–H and O–H groups in total. The van der Waals surface area contributed by atoms with Gasteiger partial charge in [0.2, 0.25) is 5.60 Å². The molecule has 4 rings (SSSR count). The van der Waals surface area contributed by atoms with E-state index in [0.29, 0.717) is 27.9 Å². The quantitative estimate of drug-likeness (QED) is 0.538. The molecule has 3 aromatic carbocycles. The van der Waals surface area contributed by atoms with Crippen molar-refractivity contribution in [3.63, 3.8) is 0 Å². The van der Waals surface area contributed by atoms with Gasteiger partial charge in [-0.2, -0.15) is 0 Å². The lowest BCUT2D eigenvalue weighted by Crippen LogP contribution is -2.39. The third kappa shape index (κ3) is 3.75. The van der Waals surface area contributed by atoms with Gasteiger partial charge in [0.15, 0.2) is 0 Å². The highest BCUT2D eigenvalue weighted by molar-refractivity contribution is 6.01. The Labute approximate surface area is 168 Å². The van der Waals surface area contributed by atoms with Crippen molar-refractivity contribution in [2.75, 3.05) is 5.32 Å². The van der Waals surface area contributed by atoms with E-state index in [9.17, 15) is 14.7 Å². The number of hydrogen-bond acceptors (Lipinski definition) is 4. The molecule has 1 unspecified atom stereocenters. The molecular formula is C24H17NO4. The van der Waals surface area contributed by atoms with Crippen LogP contribution < -0.4 is 5.32 Å². The van der Waals surface area contributed by atoms with Crippen molar-refractivity contribution in [2.24, 2.45) is 0 Å². The van der Waals surface area contributed by atoms with Crippen LogP contribution in [0.3, 0.4) is 0 Å². The average molecular weight is 383 g/mol. The topological polar surface area (TPSA) is 75.6 Å². The lowest BCUT2D eigenvalue weighted by molar-refractivity contribution is -0.129. The first kappa shape index (κ1) is 18.5. The molecule has 3 aromatic rings. The maximum atomic E-state index is 13.1. The van der Waals surface area contributed by atoms with E-state index in [0.717, 1.165) is 0 Å². The van der Waals surface area contributed by atoms with Crippen LogP contribution >= 0.6 is 0 Å². The lowest BCUT2D eigenvalue weighted by Gasteiger charge is -2.22. The monoisotopic (exact) mass is 383 g/mol. The second-order valence-corrected chi connectivity index (χ2v) is 6.59. The Balaban J connectivity index is 1.67. The number of ether oxygens (including phenoxy) is 1. The molecule has 0 aliphatic carbocycles. The van der Waals surface area contributed by atoms with E-state index in [-0.39, 0.29) is 12.6 Å². The van der Waals surface area contributed by atoms with Crippen LogP contribution in [0.5, 0.6) is 0 Å². The Morgan fingerprint density at radius 2 is 1.69 bits per heavy atom. The van der Waals surface area contributed by atoms with Crippen molar-refractivity contribution >= 4 is 17.6 Å². The summed E-state index contributed by atoms with van der Waals surface area (Å²) in [5.74, 6) is 4.53. The van der Waals surface area contributed by atoms with E-state index in [4.69, 9.17) is 4.74 Å². The van der Waals surface area contributed by atoms with Crippen molar-refractivity contribution in [2.45, 2.75) is 12.2 Å². The summed E-state index contributed by atoms with van der Waals surface area (Å²) in [5, 5.41) is 13.9. The summed E-state index contributed by atoms with van der Waals surface area (Å²) in [6.45, 7) is 0.161. The molecule has 0 bridgehead atoms. The normalized spacial score (nSPS) is 14.0. The Bertz CT molecular complexity index is 1130. The molecule has 5 nitrogen and oxygen atoms in total. The number of rotatable bonds is 3. The Hall–Kier alpha value is -3.88.